The molecule has 5 N–H and O–H groups in total. The number of carbonyl (C=O) groups is 1. The second-order valence-corrected chi connectivity index (χ2v) is 7.02. The van der Waals surface area contributed by atoms with E-state index >= 15 is 0 Å². The molecule has 0 radical (unpaired) electrons. The monoisotopic (exact) mass is 356 g/mol. The fraction of sp³-hybridized carbons (Fsp3) is 0.417. The predicted molar refractivity (Wildman–Crippen MR) is 83.1 cm³/mol. The summed E-state index contributed by atoms with van der Waals surface area (Å²) in [4.78, 5) is 32.2. The molecular formula is C12H16N6O5S. The zero-order valence-electron chi connectivity index (χ0n) is 12.4. The number of aliphatic hydroxyl groups excluding tert-OH is 1. The summed E-state index contributed by atoms with van der Waals surface area (Å²) in [6.07, 6.45) is 2.91. The van der Waals surface area contributed by atoms with Crippen LogP contribution in [0, 0.1) is 0 Å². The zero-order valence-corrected chi connectivity index (χ0v) is 13.3. The molecule has 0 spiro atoms. The average molecular weight is 356 g/mol. The lowest BCUT2D eigenvalue weighted by Gasteiger charge is -2.20. The molecule has 1 saturated heterocycles. The molecule has 0 saturated carbocycles. The van der Waals surface area contributed by atoms with Gasteiger partial charge >= 0.3 is 10.2 Å². The van der Waals surface area contributed by atoms with Crippen LogP contribution in [0.4, 0.5) is 0 Å². The smallest absolute Gasteiger partial charge is 0.304 e. The van der Waals surface area contributed by atoms with E-state index in [0.29, 0.717) is 16.6 Å². The van der Waals surface area contributed by atoms with Gasteiger partial charge in [0.1, 0.15) is 5.52 Å². The highest BCUT2D eigenvalue weighted by molar-refractivity contribution is 7.88. The van der Waals surface area contributed by atoms with Gasteiger partial charge in [0.2, 0.25) is 5.91 Å². The molecule has 2 aromatic heterocycles. The van der Waals surface area contributed by atoms with Crippen molar-refractivity contribution in [3.8, 4) is 0 Å². The van der Waals surface area contributed by atoms with Crippen LogP contribution in [0.15, 0.2) is 17.3 Å². The number of amides is 1. The van der Waals surface area contributed by atoms with E-state index in [2.05, 4.69) is 20.3 Å². The molecule has 1 aliphatic heterocycles. The molecule has 1 atom stereocenters. The van der Waals surface area contributed by atoms with Gasteiger partial charge in [0.05, 0.1) is 25.0 Å². The summed E-state index contributed by atoms with van der Waals surface area (Å²) in [6.45, 7) is -0.397. The van der Waals surface area contributed by atoms with Gasteiger partial charge in [-0.25, -0.2) is 9.71 Å². The number of rotatable bonds is 6. The average Bonchev–Trinajstić information content (AvgIpc) is 3.04. The van der Waals surface area contributed by atoms with Crippen LogP contribution in [-0.4, -0.2) is 64.4 Å². The quantitative estimate of drug-likeness (QED) is 0.378. The van der Waals surface area contributed by atoms with Crippen LogP contribution in [0.1, 0.15) is 5.56 Å². The van der Waals surface area contributed by atoms with Crippen molar-refractivity contribution < 1.29 is 18.3 Å². The van der Waals surface area contributed by atoms with Crippen molar-refractivity contribution in [3.63, 3.8) is 0 Å². The van der Waals surface area contributed by atoms with Gasteiger partial charge in [0.15, 0.2) is 0 Å². The Kier molecular flexibility index (Phi) is 4.36. The number of aromatic nitrogens is 3. The van der Waals surface area contributed by atoms with Crippen molar-refractivity contribution in [2.45, 2.75) is 12.6 Å². The number of hydrogen-bond acceptors (Lipinski definition) is 7. The van der Waals surface area contributed by atoms with Crippen LogP contribution in [0.25, 0.3) is 11.0 Å². The van der Waals surface area contributed by atoms with E-state index in [9.17, 15) is 23.1 Å². The first-order chi connectivity index (χ1) is 11.4. The summed E-state index contributed by atoms with van der Waals surface area (Å²) in [7, 11) is -3.84. The van der Waals surface area contributed by atoms with Gasteiger partial charge in [-0.15, -0.1) is 0 Å². The van der Waals surface area contributed by atoms with Crippen LogP contribution < -0.4 is 15.6 Å². The molecule has 12 heteroatoms. The lowest BCUT2D eigenvalue weighted by molar-refractivity contribution is -0.118. The van der Waals surface area contributed by atoms with Gasteiger partial charge in [-0.05, 0) is 0 Å². The third-order valence-corrected chi connectivity index (χ3v) is 5.12. The molecule has 1 amide bonds. The minimum atomic E-state index is -3.84. The van der Waals surface area contributed by atoms with E-state index in [1.165, 1.54) is 6.33 Å². The molecule has 0 unspecified atom stereocenters. The summed E-state index contributed by atoms with van der Waals surface area (Å²) in [6, 6.07) is -0.584. The van der Waals surface area contributed by atoms with Crippen molar-refractivity contribution in [1.29, 1.82) is 0 Å². The van der Waals surface area contributed by atoms with Crippen LogP contribution in [0.3, 0.4) is 0 Å². The molecule has 2 aromatic rings. The molecule has 130 valence electrons. The summed E-state index contributed by atoms with van der Waals surface area (Å²) >= 11 is 0. The zero-order chi connectivity index (χ0) is 17.3. The summed E-state index contributed by atoms with van der Waals surface area (Å²) < 4.78 is 26.2. The fourth-order valence-electron chi connectivity index (χ4n) is 2.47. The number of carbonyl (C=O) groups excluding carboxylic acids is 1. The van der Waals surface area contributed by atoms with Gasteiger partial charge < -0.3 is 20.4 Å². The highest BCUT2D eigenvalue weighted by atomic mass is 32.2. The Balaban J connectivity index is 1.69. The Morgan fingerprint density at radius 2 is 2.17 bits per heavy atom. The van der Waals surface area contributed by atoms with E-state index in [-0.39, 0.29) is 31.8 Å². The predicted octanol–water partition coefficient (Wildman–Crippen LogP) is -2.62. The van der Waals surface area contributed by atoms with E-state index in [4.69, 9.17) is 0 Å². The molecule has 0 aromatic carbocycles. The second kappa shape index (κ2) is 6.32. The van der Waals surface area contributed by atoms with E-state index in [1.54, 1.807) is 6.20 Å². The second-order valence-electron chi connectivity index (χ2n) is 5.35. The Labute approximate surface area is 136 Å². The summed E-state index contributed by atoms with van der Waals surface area (Å²) in [5.41, 5.74) is 1.24. The van der Waals surface area contributed by atoms with Crippen LogP contribution in [0.2, 0.25) is 0 Å². The fourth-order valence-corrected chi connectivity index (χ4v) is 3.62. The number of fused-ring (bicyclic) bond motifs is 1. The first-order valence-corrected chi connectivity index (χ1v) is 8.53. The minimum absolute atomic E-state index is 0.0616. The molecule has 0 aliphatic carbocycles. The topological polar surface area (TPSA) is 160 Å². The van der Waals surface area contributed by atoms with Crippen LogP contribution >= 0.6 is 0 Å². The number of nitrogens with one attached hydrogen (secondary N) is 4. The SMILES string of the molecule is O=C1CN(C[C@@H](CO)NCc2c[nH]c3c(=O)[nH]cnc23)S(=O)(=O)N1. The summed E-state index contributed by atoms with van der Waals surface area (Å²) in [5.74, 6) is -0.605. The molecular weight excluding hydrogens is 340 g/mol. The maximum atomic E-state index is 11.7. The Bertz CT molecular complexity index is 919. The summed E-state index contributed by atoms with van der Waals surface area (Å²) in [5, 5.41) is 12.4. The minimum Gasteiger partial charge on any atom is -0.395 e. The molecule has 3 heterocycles. The lowest BCUT2D eigenvalue weighted by Crippen LogP contribution is -2.44. The maximum Gasteiger partial charge on any atom is 0.304 e. The van der Waals surface area contributed by atoms with E-state index < -0.39 is 22.2 Å². The highest BCUT2D eigenvalue weighted by Gasteiger charge is 2.35. The first-order valence-electron chi connectivity index (χ1n) is 7.09. The van der Waals surface area contributed by atoms with Gasteiger partial charge in [0, 0.05) is 30.9 Å². The number of nitrogens with zero attached hydrogens (tertiary/aromatic N) is 2. The van der Waals surface area contributed by atoms with Crippen molar-refractivity contribution in [2.75, 3.05) is 19.7 Å². The van der Waals surface area contributed by atoms with Crippen molar-refractivity contribution in [2.24, 2.45) is 0 Å². The highest BCUT2D eigenvalue weighted by Crippen LogP contribution is 2.12. The Morgan fingerprint density at radius 3 is 2.83 bits per heavy atom. The van der Waals surface area contributed by atoms with Gasteiger partial charge in [-0.2, -0.15) is 12.7 Å². The van der Waals surface area contributed by atoms with Gasteiger partial charge in [-0.3, -0.25) is 9.59 Å². The standard InChI is InChI=1S/C12H16N6O5S/c19-5-8(3-18-4-9(20)17-24(18,22)23)13-1-7-2-14-11-10(7)15-6-16-12(11)21/h2,6,8,13-14,19H,1,3-5H2,(H,17,20)(H,15,16,21)/t8-/m0/s1. The number of hydrogen-bond donors (Lipinski definition) is 5. The molecule has 0 bridgehead atoms. The molecule has 3 rings (SSSR count). The maximum absolute atomic E-state index is 11.7. The van der Waals surface area contributed by atoms with Gasteiger partial charge in [-0.1, -0.05) is 0 Å². The van der Waals surface area contributed by atoms with Crippen molar-refractivity contribution >= 4 is 27.1 Å². The largest absolute Gasteiger partial charge is 0.395 e. The third-order valence-electron chi connectivity index (χ3n) is 3.68. The van der Waals surface area contributed by atoms with Crippen molar-refractivity contribution in [3.05, 3.63) is 28.4 Å². The normalized spacial score (nSPS) is 18.8. The lowest BCUT2D eigenvalue weighted by atomic mass is 10.2. The Hall–Kier alpha value is -2.28. The molecule has 1 aliphatic rings. The molecule has 24 heavy (non-hydrogen) atoms. The van der Waals surface area contributed by atoms with E-state index in [0.717, 1.165) is 4.31 Å². The number of aromatic amines is 2. The Morgan fingerprint density at radius 1 is 1.38 bits per heavy atom. The first kappa shape index (κ1) is 16.6. The van der Waals surface area contributed by atoms with Crippen LogP contribution in [0.5, 0.6) is 0 Å². The van der Waals surface area contributed by atoms with Crippen molar-refractivity contribution in [1.82, 2.24) is 29.3 Å². The van der Waals surface area contributed by atoms with E-state index in [1.807, 2.05) is 4.72 Å². The number of H-pyrrole nitrogens is 2. The van der Waals surface area contributed by atoms with Gasteiger partial charge in [0.25, 0.3) is 5.56 Å². The molecule has 11 nitrogen and oxygen atoms in total. The number of aliphatic hydroxyl groups is 1. The van der Waals surface area contributed by atoms with Crippen LogP contribution in [-0.2, 0) is 21.5 Å². The third kappa shape index (κ3) is 3.17. The molecule has 1 fully saturated rings.